The zero-order valence-corrected chi connectivity index (χ0v) is 12.2. The molecule has 22 heavy (non-hydrogen) atoms. The standard InChI is InChI=1S/C17H17FN2O2/c1-2-22-12-9-7-11(8-10-12)20-16(15(19)17(20)21)13-5-3-4-6-14(13)18/h3-10,15-16H,2,19H2,1H3/t15-,16+/m0/s1. The van der Waals surface area contributed by atoms with Crippen molar-refractivity contribution >= 4 is 11.6 Å². The topological polar surface area (TPSA) is 55.6 Å². The van der Waals surface area contributed by atoms with Crippen LogP contribution in [0.4, 0.5) is 10.1 Å². The molecule has 0 unspecified atom stereocenters. The van der Waals surface area contributed by atoms with Crippen molar-refractivity contribution < 1.29 is 13.9 Å². The van der Waals surface area contributed by atoms with E-state index in [0.29, 0.717) is 17.9 Å². The molecule has 2 aromatic carbocycles. The highest BCUT2D eigenvalue weighted by atomic mass is 19.1. The van der Waals surface area contributed by atoms with Crippen molar-refractivity contribution in [3.8, 4) is 5.75 Å². The minimum atomic E-state index is -0.719. The second-order valence-corrected chi connectivity index (χ2v) is 5.13. The highest BCUT2D eigenvalue weighted by Crippen LogP contribution is 2.39. The molecule has 1 fully saturated rings. The number of carbonyl (C=O) groups excluding carboxylic acids is 1. The molecule has 0 spiro atoms. The van der Waals surface area contributed by atoms with Crippen LogP contribution in [0.3, 0.4) is 0 Å². The lowest BCUT2D eigenvalue weighted by molar-refractivity contribution is -0.126. The third-order valence-electron chi connectivity index (χ3n) is 3.79. The Bertz CT molecular complexity index is 687. The maximum atomic E-state index is 14.0. The lowest BCUT2D eigenvalue weighted by atomic mass is 9.88. The molecule has 4 nitrogen and oxygen atoms in total. The Hall–Kier alpha value is -2.40. The van der Waals surface area contributed by atoms with E-state index in [1.807, 2.05) is 6.92 Å². The van der Waals surface area contributed by atoms with Gasteiger partial charge in [-0.3, -0.25) is 4.79 Å². The van der Waals surface area contributed by atoms with E-state index in [-0.39, 0.29) is 11.7 Å². The molecule has 5 heteroatoms. The van der Waals surface area contributed by atoms with E-state index in [1.54, 1.807) is 42.5 Å². The van der Waals surface area contributed by atoms with Gasteiger partial charge >= 0.3 is 0 Å². The Labute approximate surface area is 128 Å². The summed E-state index contributed by atoms with van der Waals surface area (Å²) in [5.74, 6) is 0.162. The van der Waals surface area contributed by atoms with Gasteiger partial charge in [0.2, 0.25) is 5.91 Å². The van der Waals surface area contributed by atoms with Gasteiger partial charge < -0.3 is 15.4 Å². The number of hydrogen-bond acceptors (Lipinski definition) is 3. The molecule has 1 heterocycles. The molecule has 2 atom stereocenters. The summed E-state index contributed by atoms with van der Waals surface area (Å²) in [4.78, 5) is 13.6. The first-order chi connectivity index (χ1) is 10.6. The zero-order valence-electron chi connectivity index (χ0n) is 12.2. The fourth-order valence-corrected chi connectivity index (χ4v) is 2.72. The largest absolute Gasteiger partial charge is 0.494 e. The molecule has 0 aliphatic carbocycles. The normalized spacial score (nSPS) is 20.7. The summed E-state index contributed by atoms with van der Waals surface area (Å²) < 4.78 is 19.4. The zero-order chi connectivity index (χ0) is 15.7. The van der Waals surface area contributed by atoms with Crippen molar-refractivity contribution in [1.29, 1.82) is 0 Å². The van der Waals surface area contributed by atoms with Gasteiger partial charge in [-0.15, -0.1) is 0 Å². The maximum absolute atomic E-state index is 14.0. The Balaban J connectivity index is 1.91. The van der Waals surface area contributed by atoms with E-state index < -0.39 is 12.1 Å². The van der Waals surface area contributed by atoms with E-state index in [0.717, 1.165) is 5.75 Å². The number of rotatable bonds is 4. The second kappa shape index (κ2) is 5.77. The fraction of sp³-hybridized carbons (Fsp3) is 0.235. The van der Waals surface area contributed by atoms with Crippen molar-refractivity contribution in [2.45, 2.75) is 19.0 Å². The quantitative estimate of drug-likeness (QED) is 0.883. The summed E-state index contributed by atoms with van der Waals surface area (Å²) in [5.41, 5.74) is 7.01. The summed E-state index contributed by atoms with van der Waals surface area (Å²) in [6, 6.07) is 12.3. The van der Waals surface area contributed by atoms with Gasteiger partial charge in [0.05, 0.1) is 12.6 Å². The lowest BCUT2D eigenvalue weighted by Gasteiger charge is -2.45. The number of anilines is 1. The molecule has 114 valence electrons. The molecule has 1 aliphatic rings. The third kappa shape index (κ3) is 2.33. The summed E-state index contributed by atoms with van der Waals surface area (Å²) in [5, 5.41) is 0. The minimum absolute atomic E-state index is 0.211. The Morgan fingerprint density at radius 1 is 1.18 bits per heavy atom. The Kier molecular flexibility index (Phi) is 3.81. The average molecular weight is 300 g/mol. The molecule has 0 bridgehead atoms. The summed E-state index contributed by atoms with van der Waals surface area (Å²) in [6.07, 6.45) is 0. The Morgan fingerprint density at radius 3 is 2.50 bits per heavy atom. The van der Waals surface area contributed by atoms with Crippen LogP contribution in [0.5, 0.6) is 5.75 Å². The summed E-state index contributed by atoms with van der Waals surface area (Å²) in [6.45, 7) is 2.48. The van der Waals surface area contributed by atoms with Crippen molar-refractivity contribution in [3.05, 3.63) is 59.9 Å². The lowest BCUT2D eigenvalue weighted by Crippen LogP contribution is -2.63. The molecule has 0 radical (unpaired) electrons. The van der Waals surface area contributed by atoms with Gasteiger partial charge in [0.15, 0.2) is 0 Å². The number of benzene rings is 2. The van der Waals surface area contributed by atoms with Crippen LogP contribution in [0, 0.1) is 5.82 Å². The third-order valence-corrected chi connectivity index (χ3v) is 3.79. The van der Waals surface area contributed by atoms with Crippen LogP contribution in [0.1, 0.15) is 18.5 Å². The van der Waals surface area contributed by atoms with Crippen LogP contribution in [-0.2, 0) is 4.79 Å². The van der Waals surface area contributed by atoms with Gasteiger partial charge in [0.1, 0.15) is 17.6 Å². The van der Waals surface area contributed by atoms with Crippen LogP contribution in [0.2, 0.25) is 0 Å². The number of amides is 1. The molecule has 0 saturated carbocycles. The first kappa shape index (κ1) is 14.5. The smallest absolute Gasteiger partial charge is 0.247 e. The SMILES string of the molecule is CCOc1ccc(N2C(=O)[C@@H](N)[C@H]2c2ccccc2F)cc1. The van der Waals surface area contributed by atoms with Crippen LogP contribution in [-0.4, -0.2) is 18.6 Å². The predicted molar refractivity (Wildman–Crippen MR) is 82.2 cm³/mol. The molecule has 1 amide bonds. The number of nitrogens with zero attached hydrogens (tertiary/aromatic N) is 1. The van der Waals surface area contributed by atoms with Gasteiger partial charge in [0, 0.05) is 11.3 Å². The first-order valence-electron chi connectivity index (χ1n) is 7.19. The van der Waals surface area contributed by atoms with Crippen LogP contribution >= 0.6 is 0 Å². The predicted octanol–water partition coefficient (Wildman–Crippen LogP) is 2.64. The first-order valence-corrected chi connectivity index (χ1v) is 7.19. The summed E-state index contributed by atoms with van der Waals surface area (Å²) in [7, 11) is 0. The van der Waals surface area contributed by atoms with E-state index in [4.69, 9.17) is 10.5 Å². The fourth-order valence-electron chi connectivity index (χ4n) is 2.72. The molecule has 1 saturated heterocycles. The van der Waals surface area contributed by atoms with Crippen molar-refractivity contribution in [2.75, 3.05) is 11.5 Å². The number of hydrogen-bond donors (Lipinski definition) is 1. The molecular formula is C17H17FN2O2. The van der Waals surface area contributed by atoms with Gasteiger partial charge in [0.25, 0.3) is 0 Å². The molecule has 2 N–H and O–H groups in total. The average Bonchev–Trinajstić information content (AvgIpc) is 2.54. The van der Waals surface area contributed by atoms with Crippen LogP contribution in [0.25, 0.3) is 0 Å². The van der Waals surface area contributed by atoms with E-state index >= 15 is 0 Å². The Morgan fingerprint density at radius 2 is 1.86 bits per heavy atom. The number of nitrogens with two attached hydrogens (primary N) is 1. The monoisotopic (exact) mass is 300 g/mol. The maximum Gasteiger partial charge on any atom is 0.247 e. The van der Waals surface area contributed by atoms with Crippen LogP contribution < -0.4 is 15.4 Å². The highest BCUT2D eigenvalue weighted by molar-refractivity contribution is 6.05. The number of ether oxygens (including phenoxy) is 1. The number of halogens is 1. The summed E-state index contributed by atoms with van der Waals surface area (Å²) >= 11 is 0. The highest BCUT2D eigenvalue weighted by Gasteiger charge is 2.47. The minimum Gasteiger partial charge on any atom is -0.494 e. The number of carbonyl (C=O) groups is 1. The van der Waals surface area contributed by atoms with E-state index in [9.17, 15) is 9.18 Å². The van der Waals surface area contributed by atoms with Crippen molar-refractivity contribution in [2.24, 2.45) is 5.73 Å². The molecule has 2 aromatic rings. The molecule has 3 rings (SSSR count). The van der Waals surface area contributed by atoms with Crippen molar-refractivity contribution in [3.63, 3.8) is 0 Å². The molecule has 1 aliphatic heterocycles. The molecular weight excluding hydrogens is 283 g/mol. The van der Waals surface area contributed by atoms with Crippen molar-refractivity contribution in [1.82, 2.24) is 0 Å². The van der Waals surface area contributed by atoms with E-state index in [2.05, 4.69) is 0 Å². The van der Waals surface area contributed by atoms with E-state index in [1.165, 1.54) is 11.0 Å². The number of β-lactam (4-membered cyclic amide) rings is 1. The van der Waals surface area contributed by atoms with Gasteiger partial charge in [-0.2, -0.15) is 0 Å². The molecule has 0 aromatic heterocycles. The van der Waals surface area contributed by atoms with Gasteiger partial charge in [-0.1, -0.05) is 18.2 Å². The second-order valence-electron chi connectivity index (χ2n) is 5.13. The van der Waals surface area contributed by atoms with Gasteiger partial charge in [-0.25, -0.2) is 4.39 Å². The van der Waals surface area contributed by atoms with Gasteiger partial charge in [-0.05, 0) is 37.3 Å². The van der Waals surface area contributed by atoms with Crippen LogP contribution in [0.15, 0.2) is 48.5 Å².